The Bertz CT molecular complexity index is 363. The monoisotopic (exact) mass is 225 g/mol. The highest BCUT2D eigenvalue weighted by molar-refractivity contribution is 7.85. The first-order valence-corrected chi connectivity index (χ1v) is 6.57. The number of benzene rings is 1. The highest BCUT2D eigenvalue weighted by Gasteiger charge is 2.09. The van der Waals surface area contributed by atoms with E-state index in [1.54, 1.807) is 0 Å². The van der Waals surface area contributed by atoms with E-state index >= 15 is 0 Å². The van der Waals surface area contributed by atoms with Crippen LogP contribution in [0.25, 0.3) is 0 Å². The molecule has 2 N–H and O–H groups in total. The quantitative estimate of drug-likeness (QED) is 0.853. The van der Waals surface area contributed by atoms with Crippen LogP contribution < -0.4 is 5.73 Å². The lowest BCUT2D eigenvalue weighted by molar-refractivity contribution is 0.663. The molecule has 15 heavy (non-hydrogen) atoms. The van der Waals surface area contributed by atoms with Crippen molar-refractivity contribution in [3.8, 4) is 0 Å². The SMILES string of the molecule is CCC(N)CS(=O)c1ccc(C)c(C)c1. The summed E-state index contributed by atoms with van der Waals surface area (Å²) in [6.45, 7) is 6.11. The summed E-state index contributed by atoms with van der Waals surface area (Å²) in [7, 11) is -0.957. The van der Waals surface area contributed by atoms with Gasteiger partial charge in [0, 0.05) is 16.7 Å². The molecule has 0 aliphatic rings. The van der Waals surface area contributed by atoms with Gasteiger partial charge in [0.05, 0.1) is 10.8 Å². The fourth-order valence-electron chi connectivity index (χ4n) is 1.26. The van der Waals surface area contributed by atoms with E-state index in [0.717, 1.165) is 11.3 Å². The average Bonchev–Trinajstić information content (AvgIpc) is 2.21. The first-order chi connectivity index (χ1) is 7.04. The maximum absolute atomic E-state index is 11.9. The summed E-state index contributed by atoms with van der Waals surface area (Å²) in [5, 5.41) is 0. The Kier molecular flexibility index (Phi) is 4.48. The van der Waals surface area contributed by atoms with Crippen molar-refractivity contribution in [3.05, 3.63) is 29.3 Å². The van der Waals surface area contributed by atoms with Gasteiger partial charge < -0.3 is 5.73 Å². The van der Waals surface area contributed by atoms with E-state index < -0.39 is 10.8 Å². The van der Waals surface area contributed by atoms with Crippen LogP contribution in [0.4, 0.5) is 0 Å². The molecular weight excluding hydrogens is 206 g/mol. The number of aryl methyl sites for hydroxylation is 2. The molecule has 1 aromatic carbocycles. The number of nitrogens with two attached hydrogens (primary N) is 1. The summed E-state index contributed by atoms with van der Waals surface area (Å²) in [5.41, 5.74) is 8.20. The summed E-state index contributed by atoms with van der Waals surface area (Å²) in [6.07, 6.45) is 0.872. The Morgan fingerprint density at radius 2 is 2.00 bits per heavy atom. The molecule has 0 amide bonds. The predicted octanol–water partition coefficient (Wildman–Crippen LogP) is 2.15. The Morgan fingerprint density at radius 1 is 1.33 bits per heavy atom. The summed E-state index contributed by atoms with van der Waals surface area (Å²) in [4.78, 5) is 0.891. The van der Waals surface area contributed by atoms with E-state index in [1.807, 2.05) is 32.0 Å². The van der Waals surface area contributed by atoms with Crippen LogP contribution in [0, 0.1) is 13.8 Å². The molecule has 0 spiro atoms. The average molecular weight is 225 g/mol. The van der Waals surface area contributed by atoms with Gasteiger partial charge in [0.1, 0.15) is 0 Å². The van der Waals surface area contributed by atoms with Gasteiger partial charge in [0.2, 0.25) is 0 Å². The Balaban J connectivity index is 2.78. The predicted molar refractivity (Wildman–Crippen MR) is 65.5 cm³/mol. The molecule has 3 heteroatoms. The molecule has 0 aliphatic heterocycles. The molecule has 2 nitrogen and oxygen atoms in total. The van der Waals surface area contributed by atoms with Crippen LogP contribution in [0.15, 0.2) is 23.1 Å². The third-order valence-corrected chi connectivity index (χ3v) is 4.14. The van der Waals surface area contributed by atoms with E-state index in [0.29, 0.717) is 5.75 Å². The molecule has 0 saturated carbocycles. The van der Waals surface area contributed by atoms with Gasteiger partial charge in [-0.25, -0.2) is 0 Å². The van der Waals surface area contributed by atoms with Gasteiger partial charge in [-0.05, 0) is 43.5 Å². The summed E-state index contributed by atoms with van der Waals surface area (Å²) < 4.78 is 11.9. The van der Waals surface area contributed by atoms with Gasteiger partial charge in [-0.3, -0.25) is 4.21 Å². The maximum Gasteiger partial charge on any atom is 0.0545 e. The Morgan fingerprint density at radius 3 is 2.53 bits per heavy atom. The zero-order valence-corrected chi connectivity index (χ0v) is 10.4. The van der Waals surface area contributed by atoms with Crippen LogP contribution in [0.5, 0.6) is 0 Å². The van der Waals surface area contributed by atoms with Crippen molar-refractivity contribution in [2.75, 3.05) is 5.75 Å². The van der Waals surface area contributed by atoms with E-state index in [-0.39, 0.29) is 6.04 Å². The molecule has 0 aliphatic carbocycles. The van der Waals surface area contributed by atoms with Gasteiger partial charge in [-0.15, -0.1) is 0 Å². The van der Waals surface area contributed by atoms with E-state index in [9.17, 15) is 4.21 Å². The molecule has 0 bridgehead atoms. The van der Waals surface area contributed by atoms with E-state index in [2.05, 4.69) is 6.92 Å². The third kappa shape index (κ3) is 3.43. The summed E-state index contributed by atoms with van der Waals surface area (Å²) in [6, 6.07) is 5.97. The third-order valence-electron chi connectivity index (χ3n) is 2.63. The summed E-state index contributed by atoms with van der Waals surface area (Å²) in [5.74, 6) is 0.555. The standard InChI is InChI=1S/C12H19NOS/c1-4-11(13)8-15(14)12-6-5-9(2)10(3)7-12/h5-7,11H,4,8,13H2,1-3H3. The molecule has 0 radical (unpaired) electrons. The Labute approximate surface area is 94.3 Å². The zero-order chi connectivity index (χ0) is 11.4. The fraction of sp³-hybridized carbons (Fsp3) is 0.500. The lowest BCUT2D eigenvalue weighted by atomic mass is 10.1. The number of rotatable bonds is 4. The van der Waals surface area contributed by atoms with Crippen LogP contribution in [0.2, 0.25) is 0 Å². The molecule has 0 fully saturated rings. The van der Waals surface area contributed by atoms with Gasteiger partial charge in [0.15, 0.2) is 0 Å². The largest absolute Gasteiger partial charge is 0.327 e. The molecule has 0 heterocycles. The Hall–Kier alpha value is -0.670. The molecule has 2 atom stereocenters. The van der Waals surface area contributed by atoms with E-state index in [4.69, 9.17) is 5.73 Å². The topological polar surface area (TPSA) is 43.1 Å². The summed E-state index contributed by atoms with van der Waals surface area (Å²) >= 11 is 0. The lowest BCUT2D eigenvalue weighted by Crippen LogP contribution is -2.26. The molecule has 2 unspecified atom stereocenters. The minimum Gasteiger partial charge on any atom is -0.327 e. The van der Waals surface area contributed by atoms with Gasteiger partial charge in [-0.1, -0.05) is 13.0 Å². The minimum absolute atomic E-state index is 0.0347. The molecule has 1 aromatic rings. The highest BCUT2D eigenvalue weighted by atomic mass is 32.2. The minimum atomic E-state index is -0.957. The second kappa shape index (κ2) is 5.42. The molecule has 1 rings (SSSR count). The van der Waals surface area contributed by atoms with Gasteiger partial charge in [0.25, 0.3) is 0 Å². The van der Waals surface area contributed by atoms with Gasteiger partial charge >= 0.3 is 0 Å². The van der Waals surface area contributed by atoms with Crippen molar-refractivity contribution in [3.63, 3.8) is 0 Å². The molecular formula is C12H19NOS. The zero-order valence-electron chi connectivity index (χ0n) is 9.62. The van der Waals surface area contributed by atoms with Crippen molar-refractivity contribution < 1.29 is 4.21 Å². The normalized spacial score (nSPS) is 14.9. The number of hydrogen-bond acceptors (Lipinski definition) is 2. The van der Waals surface area contributed by atoms with Crippen molar-refractivity contribution in [1.29, 1.82) is 0 Å². The van der Waals surface area contributed by atoms with Crippen LogP contribution in [0.3, 0.4) is 0 Å². The number of hydrogen-bond donors (Lipinski definition) is 1. The first kappa shape index (κ1) is 12.4. The first-order valence-electron chi connectivity index (χ1n) is 5.25. The second-order valence-corrected chi connectivity index (χ2v) is 5.42. The van der Waals surface area contributed by atoms with Crippen molar-refractivity contribution in [2.24, 2.45) is 5.73 Å². The smallest absolute Gasteiger partial charge is 0.0545 e. The van der Waals surface area contributed by atoms with Crippen molar-refractivity contribution >= 4 is 10.8 Å². The highest BCUT2D eigenvalue weighted by Crippen LogP contribution is 2.14. The van der Waals surface area contributed by atoms with Crippen LogP contribution in [-0.4, -0.2) is 16.0 Å². The molecule has 0 saturated heterocycles. The van der Waals surface area contributed by atoms with Crippen molar-refractivity contribution in [2.45, 2.75) is 38.1 Å². The molecule has 0 aromatic heterocycles. The van der Waals surface area contributed by atoms with E-state index in [1.165, 1.54) is 11.1 Å². The maximum atomic E-state index is 11.9. The fourth-order valence-corrected chi connectivity index (χ4v) is 2.61. The second-order valence-electron chi connectivity index (χ2n) is 3.93. The van der Waals surface area contributed by atoms with Crippen molar-refractivity contribution in [1.82, 2.24) is 0 Å². The van der Waals surface area contributed by atoms with Crippen LogP contribution in [0.1, 0.15) is 24.5 Å². The van der Waals surface area contributed by atoms with Crippen LogP contribution >= 0.6 is 0 Å². The van der Waals surface area contributed by atoms with Crippen LogP contribution in [-0.2, 0) is 10.8 Å². The van der Waals surface area contributed by atoms with Gasteiger partial charge in [-0.2, -0.15) is 0 Å². The lowest BCUT2D eigenvalue weighted by Gasteiger charge is -2.09. The molecule has 84 valence electrons.